The van der Waals surface area contributed by atoms with Crippen LogP contribution in [0.3, 0.4) is 0 Å². The standard InChI is InChI=1S/C14H30N4O4S/c1-6-15-13(17-11-12(19)18-14(2,3)4)16-7-8-22-9-10-23(5,20)21/h6-11H2,1-5H3,(H,18,19)(H2,15,16,17). The molecule has 0 atom stereocenters. The quantitative estimate of drug-likeness (QED) is 0.294. The fraction of sp³-hybridized carbons (Fsp3) is 0.857. The molecule has 136 valence electrons. The van der Waals surface area contributed by atoms with Gasteiger partial charge in [0.15, 0.2) is 5.96 Å². The molecule has 0 aliphatic heterocycles. The van der Waals surface area contributed by atoms with Crippen LogP contribution in [0.2, 0.25) is 0 Å². The molecule has 0 spiro atoms. The summed E-state index contributed by atoms with van der Waals surface area (Å²) in [5, 5.41) is 8.88. The van der Waals surface area contributed by atoms with E-state index in [1.165, 1.54) is 6.26 Å². The average molecular weight is 350 g/mol. The third-order valence-corrected chi connectivity index (χ3v) is 3.28. The number of sulfone groups is 1. The number of aliphatic imine (C=N–C) groups is 1. The van der Waals surface area contributed by atoms with Gasteiger partial charge in [0.25, 0.3) is 0 Å². The molecule has 0 aliphatic rings. The Kier molecular flexibility index (Phi) is 9.82. The highest BCUT2D eigenvalue weighted by molar-refractivity contribution is 7.90. The molecule has 23 heavy (non-hydrogen) atoms. The number of amides is 1. The van der Waals surface area contributed by atoms with Crippen molar-refractivity contribution >= 4 is 21.7 Å². The summed E-state index contributed by atoms with van der Waals surface area (Å²) < 4.78 is 27.1. The Morgan fingerprint density at radius 1 is 1.17 bits per heavy atom. The van der Waals surface area contributed by atoms with Crippen LogP contribution in [0.15, 0.2) is 4.99 Å². The maximum Gasteiger partial charge on any atom is 0.242 e. The molecule has 0 rings (SSSR count). The Labute approximate surface area is 139 Å². The number of nitrogens with one attached hydrogen (secondary N) is 3. The van der Waals surface area contributed by atoms with Crippen LogP contribution in [0, 0.1) is 0 Å². The molecule has 3 N–H and O–H groups in total. The molecule has 8 nitrogen and oxygen atoms in total. The highest BCUT2D eigenvalue weighted by Gasteiger charge is 2.13. The van der Waals surface area contributed by atoms with Crippen molar-refractivity contribution in [2.45, 2.75) is 33.2 Å². The van der Waals surface area contributed by atoms with Gasteiger partial charge >= 0.3 is 0 Å². The average Bonchev–Trinajstić information content (AvgIpc) is 2.36. The van der Waals surface area contributed by atoms with E-state index in [2.05, 4.69) is 20.9 Å². The second kappa shape index (κ2) is 10.4. The Morgan fingerprint density at radius 2 is 1.83 bits per heavy atom. The van der Waals surface area contributed by atoms with Crippen LogP contribution in [0.25, 0.3) is 0 Å². The van der Waals surface area contributed by atoms with Gasteiger partial charge < -0.3 is 20.7 Å². The lowest BCUT2D eigenvalue weighted by Gasteiger charge is -2.20. The van der Waals surface area contributed by atoms with E-state index < -0.39 is 9.84 Å². The minimum atomic E-state index is -3.00. The highest BCUT2D eigenvalue weighted by Crippen LogP contribution is 1.97. The van der Waals surface area contributed by atoms with Crippen molar-refractivity contribution in [2.75, 3.05) is 44.9 Å². The SMILES string of the molecule is CCNC(=NCC(=O)NC(C)(C)C)NCCOCCS(C)(=O)=O. The van der Waals surface area contributed by atoms with Crippen LogP contribution in [-0.2, 0) is 19.4 Å². The molecule has 0 radical (unpaired) electrons. The Hall–Kier alpha value is -1.35. The zero-order valence-electron chi connectivity index (χ0n) is 14.7. The van der Waals surface area contributed by atoms with Crippen LogP contribution in [0.5, 0.6) is 0 Å². The maximum atomic E-state index is 11.7. The third-order valence-electron chi connectivity index (χ3n) is 2.38. The molecular weight excluding hydrogens is 320 g/mol. The van der Waals surface area contributed by atoms with Crippen molar-refractivity contribution in [3.63, 3.8) is 0 Å². The minimum absolute atomic E-state index is 0.00807. The molecular formula is C14H30N4O4S. The third kappa shape index (κ3) is 15.3. The summed E-state index contributed by atoms with van der Waals surface area (Å²) in [4.78, 5) is 15.9. The summed E-state index contributed by atoms with van der Waals surface area (Å²) >= 11 is 0. The van der Waals surface area contributed by atoms with Crippen molar-refractivity contribution in [3.05, 3.63) is 0 Å². The fourth-order valence-corrected chi connectivity index (χ4v) is 1.92. The molecule has 0 aromatic carbocycles. The summed E-state index contributed by atoms with van der Waals surface area (Å²) in [7, 11) is -3.00. The van der Waals surface area contributed by atoms with E-state index >= 15 is 0 Å². The molecule has 0 aromatic heterocycles. The number of rotatable bonds is 9. The van der Waals surface area contributed by atoms with E-state index in [1.54, 1.807) is 0 Å². The van der Waals surface area contributed by atoms with Crippen LogP contribution >= 0.6 is 0 Å². The molecule has 0 heterocycles. The van der Waals surface area contributed by atoms with Gasteiger partial charge in [-0.1, -0.05) is 0 Å². The topological polar surface area (TPSA) is 109 Å². The van der Waals surface area contributed by atoms with E-state index in [-0.39, 0.29) is 30.4 Å². The second-order valence-corrected chi connectivity index (χ2v) is 8.42. The summed E-state index contributed by atoms with van der Waals surface area (Å²) in [5.41, 5.74) is -0.286. The molecule has 0 aromatic rings. The van der Waals surface area contributed by atoms with Crippen molar-refractivity contribution in [3.8, 4) is 0 Å². The maximum absolute atomic E-state index is 11.7. The highest BCUT2D eigenvalue weighted by atomic mass is 32.2. The van der Waals surface area contributed by atoms with E-state index in [9.17, 15) is 13.2 Å². The first kappa shape index (κ1) is 21.6. The van der Waals surface area contributed by atoms with Gasteiger partial charge in [-0.25, -0.2) is 13.4 Å². The number of ether oxygens (including phenoxy) is 1. The van der Waals surface area contributed by atoms with Crippen molar-refractivity contribution in [2.24, 2.45) is 4.99 Å². The summed E-state index contributed by atoms with van der Waals surface area (Å²) in [6, 6.07) is 0. The van der Waals surface area contributed by atoms with Gasteiger partial charge in [-0.2, -0.15) is 0 Å². The first-order valence-corrected chi connectivity index (χ1v) is 9.68. The molecule has 9 heteroatoms. The summed E-state index contributed by atoms with van der Waals surface area (Å²) in [6.07, 6.45) is 1.17. The molecule has 1 amide bonds. The summed E-state index contributed by atoms with van der Waals surface area (Å²) in [6.45, 7) is 9.34. The normalized spacial score (nSPS) is 12.8. The first-order chi connectivity index (χ1) is 10.5. The molecule has 0 fully saturated rings. The Bertz CT molecular complexity index is 483. The van der Waals surface area contributed by atoms with Gasteiger partial charge in [-0.15, -0.1) is 0 Å². The lowest BCUT2D eigenvalue weighted by Crippen LogP contribution is -2.43. The number of carbonyl (C=O) groups excluding carboxylic acids is 1. The predicted octanol–water partition coefficient (Wildman–Crippen LogP) is -0.483. The van der Waals surface area contributed by atoms with Gasteiger partial charge in [0.05, 0.1) is 19.0 Å². The van der Waals surface area contributed by atoms with E-state index in [1.807, 2.05) is 27.7 Å². The van der Waals surface area contributed by atoms with Crippen LogP contribution < -0.4 is 16.0 Å². The van der Waals surface area contributed by atoms with Gasteiger partial charge in [-0.05, 0) is 27.7 Å². The van der Waals surface area contributed by atoms with Crippen molar-refractivity contribution in [1.82, 2.24) is 16.0 Å². The minimum Gasteiger partial charge on any atom is -0.379 e. The van der Waals surface area contributed by atoms with E-state index in [0.717, 1.165) is 0 Å². The first-order valence-electron chi connectivity index (χ1n) is 7.62. The molecule has 0 saturated heterocycles. The number of nitrogens with zero attached hydrogens (tertiary/aromatic N) is 1. The molecule has 0 aliphatic carbocycles. The smallest absolute Gasteiger partial charge is 0.242 e. The lowest BCUT2D eigenvalue weighted by molar-refractivity contribution is -0.121. The zero-order valence-corrected chi connectivity index (χ0v) is 15.5. The van der Waals surface area contributed by atoms with E-state index in [0.29, 0.717) is 25.7 Å². The summed E-state index contributed by atoms with van der Waals surface area (Å²) in [5.74, 6) is 0.371. The lowest BCUT2D eigenvalue weighted by atomic mass is 10.1. The molecule has 0 unspecified atom stereocenters. The Morgan fingerprint density at radius 3 is 2.35 bits per heavy atom. The van der Waals surface area contributed by atoms with Gasteiger partial charge in [0, 0.05) is 24.9 Å². The van der Waals surface area contributed by atoms with E-state index in [4.69, 9.17) is 4.74 Å². The predicted molar refractivity (Wildman–Crippen MR) is 92.4 cm³/mol. The zero-order chi connectivity index (χ0) is 17.9. The molecule has 0 bridgehead atoms. The van der Waals surface area contributed by atoms with Gasteiger partial charge in [0.2, 0.25) is 5.91 Å². The van der Waals surface area contributed by atoms with Gasteiger partial charge in [0.1, 0.15) is 16.4 Å². The fourth-order valence-electron chi connectivity index (χ4n) is 1.50. The Balaban J connectivity index is 4.10. The second-order valence-electron chi connectivity index (χ2n) is 6.16. The number of hydrogen-bond acceptors (Lipinski definition) is 5. The van der Waals surface area contributed by atoms with Crippen molar-refractivity contribution in [1.29, 1.82) is 0 Å². The number of hydrogen-bond donors (Lipinski definition) is 3. The number of guanidine groups is 1. The van der Waals surface area contributed by atoms with Crippen LogP contribution in [-0.4, -0.2) is 70.7 Å². The molecule has 0 saturated carbocycles. The monoisotopic (exact) mass is 350 g/mol. The van der Waals surface area contributed by atoms with Crippen molar-refractivity contribution < 1.29 is 17.9 Å². The van der Waals surface area contributed by atoms with Gasteiger partial charge in [-0.3, -0.25) is 4.79 Å². The number of carbonyl (C=O) groups is 1. The van der Waals surface area contributed by atoms with Crippen LogP contribution in [0.4, 0.5) is 0 Å². The van der Waals surface area contributed by atoms with Crippen LogP contribution in [0.1, 0.15) is 27.7 Å². The largest absolute Gasteiger partial charge is 0.379 e.